The minimum atomic E-state index is -1.10. The highest BCUT2D eigenvalue weighted by Crippen LogP contribution is 2.50. The lowest BCUT2D eigenvalue weighted by Gasteiger charge is -2.21. The fourth-order valence-electron chi connectivity index (χ4n) is 3.68. The number of carboxylic acids is 1. The molecule has 0 aliphatic heterocycles. The van der Waals surface area contributed by atoms with Crippen LogP contribution in [0.4, 0.5) is 0 Å². The van der Waals surface area contributed by atoms with Gasteiger partial charge in [-0.25, -0.2) is 4.79 Å². The maximum absolute atomic E-state index is 12.6. The smallest absolute Gasteiger partial charge is 0.339 e. The Morgan fingerprint density at radius 2 is 1.91 bits per heavy atom. The molecule has 0 amide bonds. The van der Waals surface area contributed by atoms with Gasteiger partial charge in [-0.3, -0.25) is 4.79 Å². The van der Waals surface area contributed by atoms with Crippen molar-refractivity contribution in [2.45, 2.75) is 19.3 Å². The van der Waals surface area contributed by atoms with E-state index in [2.05, 4.69) is 6.08 Å². The normalized spacial score (nSPS) is 25.0. The van der Waals surface area contributed by atoms with Crippen LogP contribution in [-0.2, 0) is 4.79 Å². The number of allylic oxidation sites excluding steroid dienone is 1. The molecule has 0 saturated heterocycles. The summed E-state index contributed by atoms with van der Waals surface area (Å²) in [5.74, 6) is -0.855. The quantitative estimate of drug-likeness (QED) is 0.532. The van der Waals surface area contributed by atoms with E-state index in [0.29, 0.717) is 5.92 Å². The number of carbonyl (C=O) groups is 2. The number of carboxylic acid groups (broad SMARTS) is 1. The average molecular weight is 308 g/mol. The molecule has 2 aliphatic carbocycles. The van der Waals surface area contributed by atoms with Gasteiger partial charge in [0.25, 0.3) is 0 Å². The third-order valence-electron chi connectivity index (χ3n) is 4.96. The topological polar surface area (TPSA) is 63.6 Å². The number of ether oxygens (including phenoxy) is 1. The van der Waals surface area contributed by atoms with Crippen molar-refractivity contribution >= 4 is 22.7 Å². The lowest BCUT2D eigenvalue weighted by atomic mass is 9.88. The Labute approximate surface area is 133 Å². The SMILES string of the molecule is O=C(O)c1cc2ccccc2cc1OC(=O)C12C=CC(CC1)C2. The van der Waals surface area contributed by atoms with Crippen molar-refractivity contribution in [1.29, 1.82) is 0 Å². The lowest BCUT2D eigenvalue weighted by molar-refractivity contribution is -0.142. The summed E-state index contributed by atoms with van der Waals surface area (Å²) in [6, 6.07) is 10.6. The number of esters is 1. The Balaban J connectivity index is 1.73. The summed E-state index contributed by atoms with van der Waals surface area (Å²) in [6.07, 6.45) is 6.56. The van der Waals surface area contributed by atoms with Crippen LogP contribution in [-0.4, -0.2) is 17.0 Å². The van der Waals surface area contributed by atoms with Gasteiger partial charge >= 0.3 is 11.9 Å². The second-order valence-corrected chi connectivity index (χ2v) is 6.41. The number of rotatable bonds is 3. The molecule has 2 bridgehead atoms. The lowest BCUT2D eigenvalue weighted by Crippen LogP contribution is -2.30. The summed E-state index contributed by atoms with van der Waals surface area (Å²) in [6.45, 7) is 0. The summed E-state index contributed by atoms with van der Waals surface area (Å²) in [5.41, 5.74) is -0.545. The van der Waals surface area contributed by atoms with Crippen molar-refractivity contribution < 1.29 is 19.4 Å². The highest BCUT2D eigenvalue weighted by atomic mass is 16.5. The van der Waals surface area contributed by atoms with E-state index in [-0.39, 0.29) is 17.3 Å². The van der Waals surface area contributed by atoms with E-state index in [1.807, 2.05) is 30.3 Å². The molecule has 2 aromatic rings. The van der Waals surface area contributed by atoms with E-state index in [1.165, 1.54) is 0 Å². The van der Waals surface area contributed by atoms with Gasteiger partial charge in [-0.1, -0.05) is 36.4 Å². The molecule has 1 fully saturated rings. The molecule has 1 N–H and O–H groups in total. The van der Waals surface area contributed by atoms with Gasteiger partial charge in [-0.15, -0.1) is 0 Å². The van der Waals surface area contributed by atoms with Crippen LogP contribution in [0.5, 0.6) is 5.75 Å². The molecule has 116 valence electrons. The van der Waals surface area contributed by atoms with Crippen molar-refractivity contribution in [2.24, 2.45) is 11.3 Å². The van der Waals surface area contributed by atoms with Crippen LogP contribution in [0.1, 0.15) is 29.6 Å². The van der Waals surface area contributed by atoms with E-state index < -0.39 is 11.4 Å². The molecule has 2 aliphatic rings. The van der Waals surface area contributed by atoms with Crippen molar-refractivity contribution in [1.82, 2.24) is 0 Å². The molecule has 4 rings (SSSR count). The van der Waals surface area contributed by atoms with Crippen molar-refractivity contribution in [3.63, 3.8) is 0 Å². The molecular weight excluding hydrogens is 292 g/mol. The molecule has 4 nitrogen and oxygen atoms in total. The third kappa shape index (κ3) is 2.22. The van der Waals surface area contributed by atoms with Crippen LogP contribution in [0, 0.1) is 11.3 Å². The van der Waals surface area contributed by atoms with E-state index in [0.717, 1.165) is 30.0 Å². The Morgan fingerprint density at radius 1 is 1.17 bits per heavy atom. The molecule has 23 heavy (non-hydrogen) atoms. The highest BCUT2D eigenvalue weighted by molar-refractivity contribution is 5.99. The van der Waals surface area contributed by atoms with Gasteiger partial charge in [-0.2, -0.15) is 0 Å². The second-order valence-electron chi connectivity index (χ2n) is 6.41. The zero-order valence-corrected chi connectivity index (χ0v) is 12.5. The van der Waals surface area contributed by atoms with Crippen molar-refractivity contribution in [3.05, 3.63) is 54.1 Å². The summed E-state index contributed by atoms with van der Waals surface area (Å²) in [4.78, 5) is 24.2. The maximum atomic E-state index is 12.6. The fraction of sp³-hybridized carbons (Fsp3) is 0.263. The molecule has 0 heterocycles. The molecule has 2 atom stereocenters. The number of aromatic carboxylic acids is 1. The van der Waals surface area contributed by atoms with E-state index in [1.54, 1.807) is 12.1 Å². The predicted octanol–water partition coefficient (Wildman–Crippen LogP) is 3.80. The van der Waals surface area contributed by atoms with Crippen LogP contribution in [0.2, 0.25) is 0 Å². The molecular formula is C19H16O4. The van der Waals surface area contributed by atoms with Crippen LogP contribution < -0.4 is 4.74 Å². The first kappa shape index (κ1) is 14.0. The minimum absolute atomic E-state index is 0.0185. The molecule has 1 saturated carbocycles. The summed E-state index contributed by atoms with van der Waals surface area (Å²) in [7, 11) is 0. The third-order valence-corrected chi connectivity index (χ3v) is 4.96. The molecule has 0 spiro atoms. The van der Waals surface area contributed by atoms with Crippen molar-refractivity contribution in [2.75, 3.05) is 0 Å². The molecule has 2 aromatic carbocycles. The highest BCUT2D eigenvalue weighted by Gasteiger charge is 2.48. The zero-order valence-electron chi connectivity index (χ0n) is 12.5. The first-order valence-electron chi connectivity index (χ1n) is 7.75. The molecule has 4 heteroatoms. The van der Waals surface area contributed by atoms with Crippen LogP contribution in [0.3, 0.4) is 0 Å². The van der Waals surface area contributed by atoms with Crippen molar-refractivity contribution in [3.8, 4) is 5.75 Å². The van der Waals surface area contributed by atoms with E-state index in [4.69, 9.17) is 4.74 Å². The maximum Gasteiger partial charge on any atom is 0.339 e. The Hall–Kier alpha value is -2.62. The Kier molecular flexibility index (Phi) is 3.01. The summed E-state index contributed by atoms with van der Waals surface area (Å²) >= 11 is 0. The number of fused-ring (bicyclic) bond motifs is 3. The first-order chi connectivity index (χ1) is 11.1. The molecule has 0 aromatic heterocycles. The van der Waals surface area contributed by atoms with Crippen LogP contribution in [0.25, 0.3) is 10.8 Å². The summed E-state index contributed by atoms with van der Waals surface area (Å²) < 4.78 is 5.55. The van der Waals surface area contributed by atoms with Gasteiger partial charge in [-0.05, 0) is 48.1 Å². The van der Waals surface area contributed by atoms with Crippen LogP contribution in [0.15, 0.2) is 48.6 Å². The van der Waals surface area contributed by atoms with Gasteiger partial charge in [0.05, 0.1) is 5.41 Å². The standard InChI is InChI=1S/C19H16O4/c20-17(21)15-9-13-3-1-2-4-14(13)10-16(15)23-18(22)19-7-5-12(11-19)6-8-19/h1-5,7,9-10,12H,6,8,11H2,(H,20,21). The first-order valence-corrected chi connectivity index (χ1v) is 7.75. The van der Waals surface area contributed by atoms with Gasteiger partial charge in [0.2, 0.25) is 0 Å². The average Bonchev–Trinajstić information content (AvgIpc) is 3.16. The van der Waals surface area contributed by atoms with Crippen LogP contribution >= 0.6 is 0 Å². The van der Waals surface area contributed by atoms with Gasteiger partial charge in [0.15, 0.2) is 0 Å². The van der Waals surface area contributed by atoms with E-state index >= 15 is 0 Å². The Bertz CT molecular complexity index is 852. The van der Waals surface area contributed by atoms with Gasteiger partial charge in [0, 0.05) is 0 Å². The minimum Gasteiger partial charge on any atom is -0.478 e. The monoisotopic (exact) mass is 308 g/mol. The van der Waals surface area contributed by atoms with E-state index in [9.17, 15) is 14.7 Å². The second kappa shape index (κ2) is 4.95. The molecule has 0 radical (unpaired) electrons. The number of benzene rings is 2. The number of hydrogen-bond acceptors (Lipinski definition) is 3. The summed E-state index contributed by atoms with van der Waals surface area (Å²) in [5, 5.41) is 11.1. The zero-order chi connectivity index (χ0) is 16.0. The Morgan fingerprint density at radius 3 is 2.48 bits per heavy atom. The van der Waals surface area contributed by atoms with Gasteiger partial charge < -0.3 is 9.84 Å². The largest absolute Gasteiger partial charge is 0.478 e. The fourth-order valence-corrected chi connectivity index (χ4v) is 3.68. The van der Waals surface area contributed by atoms with Gasteiger partial charge in [0.1, 0.15) is 11.3 Å². The molecule has 2 unspecified atom stereocenters. The number of carbonyl (C=O) groups excluding carboxylic acids is 1. The predicted molar refractivity (Wildman–Crippen MR) is 85.5 cm³/mol. The number of hydrogen-bond donors (Lipinski definition) is 1.